The highest BCUT2D eigenvalue weighted by molar-refractivity contribution is 7.52. The van der Waals surface area contributed by atoms with Crippen molar-refractivity contribution in [1.29, 1.82) is 0 Å². The van der Waals surface area contributed by atoms with Crippen LogP contribution < -0.4 is 0 Å². The van der Waals surface area contributed by atoms with Gasteiger partial charge in [0.1, 0.15) is 0 Å². The fraction of sp³-hybridized carbons (Fsp3) is 0.429. The van der Waals surface area contributed by atoms with Gasteiger partial charge >= 0.3 is 7.60 Å². The van der Waals surface area contributed by atoms with Gasteiger partial charge in [-0.1, -0.05) is 63.6 Å². The number of hydrogen-bond acceptors (Lipinski definition) is 1. The Hall–Kier alpha value is -0.890. The zero-order valence-corrected chi connectivity index (χ0v) is 11.8. The average Bonchev–Trinajstić information content (AvgIpc) is 2.34. The van der Waals surface area contributed by atoms with E-state index >= 15 is 0 Å². The fourth-order valence-corrected chi connectivity index (χ4v) is 3.84. The van der Waals surface area contributed by atoms with Crippen LogP contribution in [0.4, 0.5) is 0 Å². The largest absolute Gasteiger partial charge is 0.333 e. The molecule has 0 saturated carbocycles. The lowest BCUT2D eigenvalue weighted by Crippen LogP contribution is -2.12. The average molecular weight is 268 g/mol. The first-order valence-corrected chi connectivity index (χ1v) is 7.89. The summed E-state index contributed by atoms with van der Waals surface area (Å²) in [6, 6.07) is 7.26. The number of hydrogen-bond donors (Lipinski definition) is 2. The zero-order chi connectivity index (χ0) is 13.8. The van der Waals surface area contributed by atoms with E-state index in [9.17, 15) is 14.4 Å². The van der Waals surface area contributed by atoms with E-state index in [1.807, 2.05) is 26.0 Å². The van der Waals surface area contributed by atoms with Crippen LogP contribution in [0.3, 0.4) is 0 Å². The van der Waals surface area contributed by atoms with Crippen LogP contribution in [-0.4, -0.2) is 9.79 Å². The minimum atomic E-state index is -4.14. The van der Waals surface area contributed by atoms with Gasteiger partial charge in [-0.3, -0.25) is 4.57 Å². The molecule has 0 amide bonds. The van der Waals surface area contributed by atoms with Crippen LogP contribution in [-0.2, 0) is 4.57 Å². The van der Waals surface area contributed by atoms with E-state index in [0.29, 0.717) is 5.56 Å². The molecule has 0 aliphatic rings. The Morgan fingerprint density at radius 2 is 1.72 bits per heavy atom. The molecule has 1 atom stereocenters. The predicted octanol–water partition coefficient (Wildman–Crippen LogP) is 3.98. The van der Waals surface area contributed by atoms with Gasteiger partial charge < -0.3 is 9.79 Å². The lowest BCUT2D eigenvalue weighted by molar-refractivity contribution is 0.327. The minimum Gasteiger partial charge on any atom is -0.324 e. The van der Waals surface area contributed by atoms with E-state index in [4.69, 9.17) is 0 Å². The van der Waals surface area contributed by atoms with Crippen LogP contribution >= 0.6 is 7.60 Å². The number of benzene rings is 1. The maximum atomic E-state index is 11.7. The molecule has 0 heterocycles. The molecule has 3 nitrogen and oxygen atoms in total. The summed E-state index contributed by atoms with van der Waals surface area (Å²) in [4.78, 5) is 19.2. The summed E-state index contributed by atoms with van der Waals surface area (Å²) in [5.41, 5.74) is 0.960. The third kappa shape index (κ3) is 3.55. The molecule has 1 unspecified atom stereocenters. The summed E-state index contributed by atoms with van der Waals surface area (Å²) >= 11 is 0. The minimum absolute atomic E-state index is 0.000384. The molecular weight excluding hydrogens is 247 g/mol. The Morgan fingerprint density at radius 3 is 2.06 bits per heavy atom. The molecule has 0 bridgehead atoms. The van der Waals surface area contributed by atoms with E-state index in [1.54, 1.807) is 18.2 Å². The highest BCUT2D eigenvalue weighted by Gasteiger charge is 2.35. The van der Waals surface area contributed by atoms with Crippen molar-refractivity contribution in [1.82, 2.24) is 0 Å². The Balaban J connectivity index is 3.17. The lowest BCUT2D eigenvalue weighted by Gasteiger charge is -2.26. The molecule has 18 heavy (non-hydrogen) atoms. The molecule has 100 valence electrons. The molecule has 1 aromatic carbocycles. The summed E-state index contributed by atoms with van der Waals surface area (Å²) in [6.07, 6.45) is 3.23. The molecule has 1 rings (SSSR count). The lowest BCUT2D eigenvalue weighted by atomic mass is 9.93. The van der Waals surface area contributed by atoms with E-state index in [-0.39, 0.29) is 5.92 Å². The Labute approximate surface area is 109 Å². The highest BCUT2D eigenvalue weighted by atomic mass is 31.2. The Morgan fingerprint density at radius 1 is 1.22 bits per heavy atom. The van der Waals surface area contributed by atoms with E-state index in [2.05, 4.69) is 6.58 Å². The normalized spacial score (nSPS) is 13.6. The standard InChI is InChI=1S/C14H21O3P/c1-4-11-7-9-13(10-8-11)14(18(15,16)17)12(5-2)6-3/h4,7-10,12,14H,1,5-6H2,2-3H3,(H2,15,16,17). The molecule has 0 aromatic heterocycles. The third-order valence-electron chi connectivity index (χ3n) is 3.37. The molecule has 0 aliphatic heterocycles. The summed E-state index contributed by atoms with van der Waals surface area (Å²) in [7, 11) is -4.14. The van der Waals surface area contributed by atoms with Crippen LogP contribution in [0.15, 0.2) is 30.8 Å². The van der Waals surface area contributed by atoms with Crippen molar-refractivity contribution in [2.45, 2.75) is 32.3 Å². The van der Waals surface area contributed by atoms with Crippen LogP contribution in [0, 0.1) is 5.92 Å². The molecule has 0 saturated heterocycles. The zero-order valence-electron chi connectivity index (χ0n) is 10.9. The quantitative estimate of drug-likeness (QED) is 0.767. The monoisotopic (exact) mass is 268 g/mol. The molecule has 0 spiro atoms. The topological polar surface area (TPSA) is 57.5 Å². The summed E-state index contributed by atoms with van der Waals surface area (Å²) in [6.45, 7) is 7.60. The maximum Gasteiger partial charge on any atom is 0.333 e. The number of rotatable bonds is 6. The second kappa shape index (κ2) is 6.33. The van der Waals surface area contributed by atoms with Crippen molar-refractivity contribution in [3.05, 3.63) is 42.0 Å². The van der Waals surface area contributed by atoms with Crippen molar-refractivity contribution in [3.63, 3.8) is 0 Å². The van der Waals surface area contributed by atoms with Crippen molar-refractivity contribution >= 4 is 13.7 Å². The van der Waals surface area contributed by atoms with Gasteiger partial charge in [0.2, 0.25) is 0 Å². The Bertz CT molecular complexity index is 429. The maximum absolute atomic E-state index is 11.7. The molecule has 1 aromatic rings. The van der Waals surface area contributed by atoms with Crippen molar-refractivity contribution in [3.8, 4) is 0 Å². The molecule has 0 fully saturated rings. The summed E-state index contributed by atoms with van der Waals surface area (Å²) < 4.78 is 11.7. The third-order valence-corrected chi connectivity index (χ3v) is 4.82. The van der Waals surface area contributed by atoms with Crippen molar-refractivity contribution in [2.75, 3.05) is 0 Å². The molecule has 4 heteroatoms. The van der Waals surface area contributed by atoms with Gasteiger partial charge in [-0.05, 0) is 17.0 Å². The van der Waals surface area contributed by atoms with Gasteiger partial charge in [0.15, 0.2) is 0 Å². The van der Waals surface area contributed by atoms with Crippen LogP contribution in [0.1, 0.15) is 43.5 Å². The first-order valence-electron chi connectivity index (χ1n) is 6.21. The van der Waals surface area contributed by atoms with E-state index < -0.39 is 13.3 Å². The van der Waals surface area contributed by atoms with E-state index in [0.717, 1.165) is 18.4 Å². The van der Waals surface area contributed by atoms with Gasteiger partial charge in [0.05, 0.1) is 5.66 Å². The van der Waals surface area contributed by atoms with Gasteiger partial charge in [-0.2, -0.15) is 0 Å². The summed E-state index contributed by atoms with van der Waals surface area (Å²) in [5, 5.41) is 0. The van der Waals surface area contributed by atoms with Crippen molar-refractivity contribution < 1.29 is 14.4 Å². The van der Waals surface area contributed by atoms with Gasteiger partial charge in [0, 0.05) is 0 Å². The Kier molecular flexibility index (Phi) is 5.33. The molecule has 2 N–H and O–H groups in total. The first kappa shape index (κ1) is 15.2. The summed E-state index contributed by atoms with van der Waals surface area (Å²) in [5.74, 6) is 0.000384. The second-order valence-electron chi connectivity index (χ2n) is 4.48. The van der Waals surface area contributed by atoms with Crippen molar-refractivity contribution in [2.24, 2.45) is 5.92 Å². The molecule has 0 radical (unpaired) electrons. The van der Waals surface area contributed by atoms with Crippen LogP contribution in [0.2, 0.25) is 0 Å². The smallest absolute Gasteiger partial charge is 0.324 e. The fourth-order valence-electron chi connectivity index (χ4n) is 2.31. The molecule has 0 aliphatic carbocycles. The van der Waals surface area contributed by atoms with Crippen LogP contribution in [0.5, 0.6) is 0 Å². The predicted molar refractivity (Wildman–Crippen MR) is 75.4 cm³/mol. The van der Waals surface area contributed by atoms with E-state index in [1.165, 1.54) is 0 Å². The molecular formula is C14H21O3P. The highest BCUT2D eigenvalue weighted by Crippen LogP contribution is 2.57. The first-order chi connectivity index (χ1) is 8.43. The van der Waals surface area contributed by atoms with Gasteiger partial charge in [-0.15, -0.1) is 0 Å². The SMILES string of the molecule is C=Cc1ccc(C(C(CC)CC)P(=O)(O)O)cc1. The van der Waals surface area contributed by atoms with Gasteiger partial charge in [0.25, 0.3) is 0 Å². The van der Waals surface area contributed by atoms with Gasteiger partial charge in [-0.25, -0.2) is 0 Å². The second-order valence-corrected chi connectivity index (χ2v) is 6.22. The van der Waals surface area contributed by atoms with Crippen LogP contribution in [0.25, 0.3) is 6.08 Å².